The molecule has 36 heavy (non-hydrogen) atoms. The number of aromatic nitrogens is 4. The summed E-state index contributed by atoms with van der Waals surface area (Å²) in [4.78, 5) is 14.2. The van der Waals surface area contributed by atoms with Crippen LogP contribution in [-0.2, 0) is 6.54 Å². The molecule has 3 aromatic carbocycles. The molecule has 7 heteroatoms. The fraction of sp³-hybridized carbons (Fsp3) is 0.207. The van der Waals surface area contributed by atoms with Crippen molar-refractivity contribution in [3.63, 3.8) is 0 Å². The van der Waals surface area contributed by atoms with Crippen molar-refractivity contribution in [3.05, 3.63) is 96.7 Å². The maximum Gasteiger partial charge on any atom is 0.140 e. The molecule has 1 N–H and O–H groups in total. The molecule has 6 nitrogen and oxygen atoms in total. The van der Waals surface area contributed by atoms with E-state index in [9.17, 15) is 4.39 Å². The summed E-state index contributed by atoms with van der Waals surface area (Å²) < 4.78 is 13.5. The van der Waals surface area contributed by atoms with Crippen LogP contribution in [0.3, 0.4) is 0 Å². The number of fused-ring (bicyclic) bond motifs is 1. The largest absolute Gasteiger partial charge is 0.351 e. The zero-order valence-corrected chi connectivity index (χ0v) is 20.1. The number of nitrogens with one attached hydrogen (secondary N) is 1. The lowest BCUT2D eigenvalue weighted by Gasteiger charge is -2.41. The number of hydrogen-bond acceptors (Lipinski definition) is 5. The van der Waals surface area contributed by atoms with Gasteiger partial charge < -0.3 is 4.90 Å². The average Bonchev–Trinajstić information content (AvgIpc) is 3.39. The molecule has 5 aromatic rings. The van der Waals surface area contributed by atoms with Crippen molar-refractivity contribution in [3.8, 4) is 22.4 Å². The Morgan fingerprint density at radius 2 is 1.75 bits per heavy atom. The van der Waals surface area contributed by atoms with E-state index in [4.69, 9.17) is 4.98 Å². The quantitative estimate of drug-likeness (QED) is 0.360. The van der Waals surface area contributed by atoms with Gasteiger partial charge in [0.15, 0.2) is 0 Å². The standard InChI is InChI=1S/C29H27FN6/c1-20-17-35(18-21-5-3-2-4-6-21)13-14-36(20)29-25-15-23(9-12-27(25)31-19-32-29)26-16-33-34-28(26)22-7-10-24(30)11-8-22/h2-12,15-16,19-20H,13-14,17-18H2,1H3,(H,33,34). The van der Waals surface area contributed by atoms with Gasteiger partial charge in [0.2, 0.25) is 0 Å². The number of nitrogens with zero attached hydrogens (tertiary/aromatic N) is 5. The van der Waals surface area contributed by atoms with Crippen molar-refractivity contribution in [2.75, 3.05) is 24.5 Å². The highest BCUT2D eigenvalue weighted by molar-refractivity contribution is 5.94. The number of anilines is 1. The second kappa shape index (κ2) is 9.51. The first-order chi connectivity index (χ1) is 17.7. The minimum atomic E-state index is -0.259. The highest BCUT2D eigenvalue weighted by Gasteiger charge is 2.26. The van der Waals surface area contributed by atoms with E-state index in [-0.39, 0.29) is 5.82 Å². The van der Waals surface area contributed by atoms with Crippen LogP contribution >= 0.6 is 0 Å². The highest BCUT2D eigenvalue weighted by Crippen LogP contribution is 2.34. The third kappa shape index (κ3) is 4.33. The summed E-state index contributed by atoms with van der Waals surface area (Å²) in [6.07, 6.45) is 3.47. The summed E-state index contributed by atoms with van der Waals surface area (Å²) in [6.45, 7) is 6.06. The van der Waals surface area contributed by atoms with Gasteiger partial charge >= 0.3 is 0 Å². The lowest BCUT2D eigenvalue weighted by molar-refractivity contribution is 0.220. The van der Waals surface area contributed by atoms with Crippen LogP contribution < -0.4 is 4.90 Å². The first-order valence-corrected chi connectivity index (χ1v) is 12.2. The molecular formula is C29H27FN6. The molecule has 0 aliphatic carbocycles. The van der Waals surface area contributed by atoms with Crippen LogP contribution in [-0.4, -0.2) is 50.7 Å². The maximum absolute atomic E-state index is 13.5. The lowest BCUT2D eigenvalue weighted by atomic mass is 10.00. The zero-order valence-electron chi connectivity index (χ0n) is 20.1. The third-order valence-corrected chi connectivity index (χ3v) is 6.93. The second-order valence-corrected chi connectivity index (χ2v) is 9.36. The number of aromatic amines is 1. The van der Waals surface area contributed by atoms with Crippen molar-refractivity contribution in [2.45, 2.75) is 19.5 Å². The molecule has 0 bridgehead atoms. The molecule has 1 unspecified atom stereocenters. The molecule has 0 spiro atoms. The van der Waals surface area contributed by atoms with E-state index in [0.717, 1.165) is 65.3 Å². The molecule has 1 aliphatic heterocycles. The number of benzene rings is 3. The number of halogens is 1. The van der Waals surface area contributed by atoms with Crippen molar-refractivity contribution in [1.82, 2.24) is 25.1 Å². The minimum Gasteiger partial charge on any atom is -0.351 e. The molecular weight excluding hydrogens is 451 g/mol. The molecule has 0 radical (unpaired) electrons. The Labute approximate surface area is 209 Å². The molecule has 0 amide bonds. The predicted molar refractivity (Wildman–Crippen MR) is 141 cm³/mol. The number of piperazine rings is 1. The van der Waals surface area contributed by atoms with Crippen LogP contribution in [0.5, 0.6) is 0 Å². The summed E-state index contributed by atoms with van der Waals surface area (Å²) >= 11 is 0. The van der Waals surface area contributed by atoms with Gasteiger partial charge in [0.05, 0.1) is 17.4 Å². The van der Waals surface area contributed by atoms with Crippen LogP contribution in [0.15, 0.2) is 85.3 Å². The lowest BCUT2D eigenvalue weighted by Crippen LogP contribution is -2.52. The van der Waals surface area contributed by atoms with Crippen LogP contribution in [0, 0.1) is 5.82 Å². The molecule has 6 rings (SSSR count). The van der Waals surface area contributed by atoms with Gasteiger partial charge in [0.25, 0.3) is 0 Å². The molecule has 2 aromatic heterocycles. The van der Waals surface area contributed by atoms with E-state index in [0.29, 0.717) is 6.04 Å². The summed E-state index contributed by atoms with van der Waals surface area (Å²) in [6, 6.07) is 23.6. The average molecular weight is 479 g/mol. The van der Waals surface area contributed by atoms with Gasteiger partial charge in [-0.25, -0.2) is 14.4 Å². The fourth-order valence-corrected chi connectivity index (χ4v) is 5.11. The summed E-state index contributed by atoms with van der Waals surface area (Å²) in [5, 5.41) is 8.37. The number of rotatable bonds is 5. The summed E-state index contributed by atoms with van der Waals surface area (Å²) in [7, 11) is 0. The zero-order chi connectivity index (χ0) is 24.5. The Balaban J connectivity index is 1.30. The van der Waals surface area contributed by atoms with Gasteiger partial charge in [-0.15, -0.1) is 0 Å². The van der Waals surface area contributed by atoms with E-state index in [1.54, 1.807) is 18.5 Å². The third-order valence-electron chi connectivity index (χ3n) is 6.93. The first kappa shape index (κ1) is 22.4. The Hall–Kier alpha value is -4.10. The topological polar surface area (TPSA) is 60.9 Å². The van der Waals surface area contributed by atoms with Crippen molar-refractivity contribution in [1.29, 1.82) is 0 Å². The van der Waals surface area contributed by atoms with Crippen LogP contribution in [0.25, 0.3) is 33.3 Å². The first-order valence-electron chi connectivity index (χ1n) is 12.2. The Bertz CT molecular complexity index is 1480. The van der Waals surface area contributed by atoms with Gasteiger partial charge in [-0.3, -0.25) is 10.00 Å². The van der Waals surface area contributed by atoms with Crippen molar-refractivity contribution < 1.29 is 4.39 Å². The van der Waals surface area contributed by atoms with Gasteiger partial charge in [0.1, 0.15) is 18.0 Å². The predicted octanol–water partition coefficient (Wildman–Crippen LogP) is 5.54. The Kier molecular flexibility index (Phi) is 5.91. The minimum absolute atomic E-state index is 0.259. The van der Waals surface area contributed by atoms with E-state index in [1.807, 2.05) is 12.3 Å². The number of H-pyrrole nitrogens is 1. The summed E-state index contributed by atoms with van der Waals surface area (Å²) in [5.41, 5.74) is 5.97. The molecule has 3 heterocycles. The fourth-order valence-electron chi connectivity index (χ4n) is 5.11. The molecule has 1 aliphatic rings. The van der Waals surface area contributed by atoms with Gasteiger partial charge in [0, 0.05) is 48.7 Å². The molecule has 1 fully saturated rings. The monoisotopic (exact) mass is 478 g/mol. The van der Waals surface area contributed by atoms with Gasteiger partial charge in [-0.2, -0.15) is 5.10 Å². The number of hydrogen-bond donors (Lipinski definition) is 1. The van der Waals surface area contributed by atoms with E-state index in [1.165, 1.54) is 17.7 Å². The summed E-state index contributed by atoms with van der Waals surface area (Å²) in [5.74, 6) is 0.700. The van der Waals surface area contributed by atoms with Crippen molar-refractivity contribution >= 4 is 16.7 Å². The van der Waals surface area contributed by atoms with Crippen molar-refractivity contribution in [2.24, 2.45) is 0 Å². The van der Waals surface area contributed by atoms with E-state index in [2.05, 4.69) is 74.4 Å². The smallest absolute Gasteiger partial charge is 0.140 e. The maximum atomic E-state index is 13.5. The SMILES string of the molecule is CC1CN(Cc2ccccc2)CCN1c1ncnc2ccc(-c3cn[nH]c3-c3ccc(F)cc3)cc12. The normalized spacial score (nSPS) is 16.5. The Morgan fingerprint density at radius 3 is 2.56 bits per heavy atom. The van der Waals surface area contributed by atoms with Gasteiger partial charge in [-0.1, -0.05) is 36.4 Å². The van der Waals surface area contributed by atoms with Crippen LogP contribution in [0.4, 0.5) is 10.2 Å². The molecule has 1 atom stereocenters. The van der Waals surface area contributed by atoms with Crippen LogP contribution in [0.1, 0.15) is 12.5 Å². The molecule has 0 saturated carbocycles. The van der Waals surface area contributed by atoms with E-state index < -0.39 is 0 Å². The van der Waals surface area contributed by atoms with E-state index >= 15 is 0 Å². The van der Waals surface area contributed by atoms with Gasteiger partial charge in [-0.05, 0) is 54.4 Å². The Morgan fingerprint density at radius 1 is 0.944 bits per heavy atom. The second-order valence-electron chi connectivity index (χ2n) is 9.36. The highest BCUT2D eigenvalue weighted by atomic mass is 19.1. The molecule has 1 saturated heterocycles. The van der Waals surface area contributed by atoms with Crippen LogP contribution in [0.2, 0.25) is 0 Å². The molecule has 180 valence electrons.